The van der Waals surface area contributed by atoms with Gasteiger partial charge in [0.05, 0.1) is 5.92 Å². The average molecular weight is 345 g/mol. The number of nitrogens with zero attached hydrogens (tertiary/aromatic N) is 1. The van der Waals surface area contributed by atoms with Gasteiger partial charge in [0.2, 0.25) is 11.8 Å². The van der Waals surface area contributed by atoms with Crippen molar-refractivity contribution in [1.29, 1.82) is 0 Å². The number of likely N-dealkylation sites (tertiary alicyclic amines) is 1. The summed E-state index contributed by atoms with van der Waals surface area (Å²) in [7, 11) is 0. The zero-order valence-electron chi connectivity index (χ0n) is 15.3. The van der Waals surface area contributed by atoms with Crippen LogP contribution in [-0.4, -0.2) is 29.8 Å². The van der Waals surface area contributed by atoms with E-state index in [2.05, 4.69) is 29.3 Å². The topological polar surface area (TPSA) is 75.4 Å². The van der Waals surface area contributed by atoms with Gasteiger partial charge in [0.15, 0.2) is 0 Å². The molecule has 1 saturated heterocycles. The number of unbranched alkanes of at least 4 members (excludes halogenated alkanes) is 2. The number of piperidine rings is 1. The van der Waals surface area contributed by atoms with Gasteiger partial charge < -0.3 is 11.1 Å². The Morgan fingerprint density at radius 2 is 2.08 bits per heavy atom. The molecule has 0 aromatic heterocycles. The molecule has 2 amide bonds. The average Bonchev–Trinajstić information content (AvgIpc) is 2.61. The summed E-state index contributed by atoms with van der Waals surface area (Å²) in [4.78, 5) is 25.5. The molecule has 5 heteroatoms. The van der Waals surface area contributed by atoms with E-state index in [-0.39, 0.29) is 17.7 Å². The third-order valence-corrected chi connectivity index (χ3v) is 4.80. The van der Waals surface area contributed by atoms with E-state index < -0.39 is 0 Å². The van der Waals surface area contributed by atoms with E-state index in [1.807, 2.05) is 12.1 Å². The minimum absolute atomic E-state index is 0.0284. The van der Waals surface area contributed by atoms with Crippen LogP contribution in [0.4, 0.5) is 0 Å². The molecule has 1 aromatic rings. The molecule has 5 nitrogen and oxygen atoms in total. The highest BCUT2D eigenvalue weighted by Gasteiger charge is 2.23. The number of nitrogens with one attached hydrogen (secondary N) is 1. The minimum Gasteiger partial charge on any atom is -0.369 e. The van der Waals surface area contributed by atoms with Gasteiger partial charge in [0.1, 0.15) is 0 Å². The van der Waals surface area contributed by atoms with Crippen molar-refractivity contribution in [3.8, 4) is 0 Å². The zero-order chi connectivity index (χ0) is 18.1. The van der Waals surface area contributed by atoms with Crippen LogP contribution in [0.15, 0.2) is 24.3 Å². The van der Waals surface area contributed by atoms with Gasteiger partial charge in [-0.1, -0.05) is 44.0 Å². The number of benzene rings is 1. The molecule has 3 N–H and O–H groups in total. The molecule has 0 unspecified atom stereocenters. The molecular formula is C20H31N3O2. The molecule has 0 aliphatic carbocycles. The number of carbonyl (C=O) groups excluding carboxylic acids is 2. The van der Waals surface area contributed by atoms with E-state index in [1.165, 1.54) is 5.56 Å². The second kappa shape index (κ2) is 10.2. The smallest absolute Gasteiger partial charge is 0.221 e. The molecule has 0 bridgehead atoms. The van der Waals surface area contributed by atoms with Gasteiger partial charge in [-0.3, -0.25) is 14.5 Å². The second-order valence-corrected chi connectivity index (χ2v) is 7.03. The maximum absolute atomic E-state index is 11.8. The zero-order valence-corrected chi connectivity index (χ0v) is 15.3. The summed E-state index contributed by atoms with van der Waals surface area (Å²) in [5.41, 5.74) is 7.78. The van der Waals surface area contributed by atoms with Crippen LogP contribution in [0.1, 0.15) is 56.6 Å². The van der Waals surface area contributed by atoms with Gasteiger partial charge in [-0.25, -0.2) is 0 Å². The third kappa shape index (κ3) is 6.86. The van der Waals surface area contributed by atoms with Crippen LogP contribution in [0.5, 0.6) is 0 Å². The van der Waals surface area contributed by atoms with Crippen molar-refractivity contribution >= 4 is 11.8 Å². The van der Waals surface area contributed by atoms with E-state index in [1.54, 1.807) is 0 Å². The lowest BCUT2D eigenvalue weighted by Gasteiger charge is -2.31. The van der Waals surface area contributed by atoms with E-state index in [9.17, 15) is 9.59 Å². The first-order chi connectivity index (χ1) is 12.1. The van der Waals surface area contributed by atoms with Crippen molar-refractivity contribution in [3.05, 3.63) is 35.4 Å². The van der Waals surface area contributed by atoms with Crippen LogP contribution in [0.2, 0.25) is 0 Å². The van der Waals surface area contributed by atoms with E-state index in [4.69, 9.17) is 5.73 Å². The standard InChI is InChI=1S/C20H31N3O2/c1-2-3-4-10-19(24)22-13-16-7-5-8-17(12-16)14-23-11-6-9-18(15-23)20(21)25/h5,7-8,12,18H,2-4,6,9-11,13-15H2,1H3,(H2,21,25)(H,22,24)/t18-/m0/s1. The van der Waals surface area contributed by atoms with Crippen LogP contribution >= 0.6 is 0 Å². The molecule has 1 aliphatic rings. The van der Waals surface area contributed by atoms with Crippen molar-refractivity contribution in [1.82, 2.24) is 10.2 Å². The molecule has 1 atom stereocenters. The Hall–Kier alpha value is -1.88. The molecule has 1 aromatic carbocycles. The first-order valence-electron chi connectivity index (χ1n) is 9.44. The molecule has 25 heavy (non-hydrogen) atoms. The van der Waals surface area contributed by atoms with Crippen LogP contribution < -0.4 is 11.1 Å². The predicted octanol–water partition coefficient (Wildman–Crippen LogP) is 2.58. The van der Waals surface area contributed by atoms with Crippen LogP contribution in [0.3, 0.4) is 0 Å². The lowest BCUT2D eigenvalue weighted by Crippen LogP contribution is -2.40. The normalized spacial score (nSPS) is 18.0. The van der Waals surface area contributed by atoms with Crippen LogP contribution in [0, 0.1) is 5.92 Å². The highest BCUT2D eigenvalue weighted by molar-refractivity contribution is 5.77. The number of hydrogen-bond donors (Lipinski definition) is 2. The van der Waals surface area contributed by atoms with E-state index in [0.29, 0.717) is 13.0 Å². The van der Waals surface area contributed by atoms with Crippen molar-refractivity contribution < 1.29 is 9.59 Å². The molecule has 1 fully saturated rings. The molecule has 138 valence electrons. The van der Waals surface area contributed by atoms with E-state index >= 15 is 0 Å². The summed E-state index contributed by atoms with van der Waals surface area (Å²) in [5, 5.41) is 3.00. The monoisotopic (exact) mass is 345 g/mol. The van der Waals surface area contributed by atoms with E-state index in [0.717, 1.165) is 57.3 Å². The Balaban J connectivity index is 1.82. The Labute approximate surface area is 151 Å². The molecule has 1 aliphatic heterocycles. The number of nitrogens with two attached hydrogens (primary N) is 1. The number of amides is 2. The molecule has 2 rings (SSSR count). The van der Waals surface area contributed by atoms with Crippen LogP contribution in [0.25, 0.3) is 0 Å². The quantitative estimate of drug-likeness (QED) is 0.676. The van der Waals surface area contributed by atoms with Gasteiger partial charge in [0, 0.05) is 26.1 Å². The van der Waals surface area contributed by atoms with Gasteiger partial charge >= 0.3 is 0 Å². The molecule has 1 heterocycles. The Morgan fingerprint density at radius 3 is 2.84 bits per heavy atom. The molecular weight excluding hydrogens is 314 g/mol. The first-order valence-corrected chi connectivity index (χ1v) is 9.44. The number of hydrogen-bond acceptors (Lipinski definition) is 3. The lowest BCUT2D eigenvalue weighted by molar-refractivity contribution is -0.123. The van der Waals surface area contributed by atoms with Crippen LogP contribution in [-0.2, 0) is 22.7 Å². The third-order valence-electron chi connectivity index (χ3n) is 4.80. The summed E-state index contributed by atoms with van der Waals surface area (Å²) < 4.78 is 0. The first kappa shape index (κ1) is 19.4. The summed E-state index contributed by atoms with van der Waals surface area (Å²) in [6, 6.07) is 8.31. The largest absolute Gasteiger partial charge is 0.369 e. The highest BCUT2D eigenvalue weighted by Crippen LogP contribution is 2.18. The second-order valence-electron chi connectivity index (χ2n) is 7.03. The Bertz CT molecular complexity index is 574. The summed E-state index contributed by atoms with van der Waals surface area (Å²) in [6.45, 7) is 5.28. The SMILES string of the molecule is CCCCCC(=O)NCc1cccc(CN2CCC[C@H](C(N)=O)C2)c1. The maximum Gasteiger partial charge on any atom is 0.221 e. The predicted molar refractivity (Wildman–Crippen MR) is 99.6 cm³/mol. The highest BCUT2D eigenvalue weighted by atomic mass is 16.2. The summed E-state index contributed by atoms with van der Waals surface area (Å²) in [6.07, 6.45) is 5.71. The van der Waals surface area contributed by atoms with Gasteiger partial charge in [-0.05, 0) is 36.9 Å². The van der Waals surface area contributed by atoms with Crippen molar-refractivity contribution in [2.75, 3.05) is 13.1 Å². The fourth-order valence-electron chi connectivity index (χ4n) is 3.35. The molecule has 0 radical (unpaired) electrons. The number of carbonyl (C=O) groups is 2. The Kier molecular flexibility index (Phi) is 7.92. The number of rotatable bonds is 9. The van der Waals surface area contributed by atoms with Gasteiger partial charge in [0.25, 0.3) is 0 Å². The minimum atomic E-state index is -0.191. The maximum atomic E-state index is 11.8. The summed E-state index contributed by atoms with van der Waals surface area (Å²) >= 11 is 0. The van der Waals surface area contributed by atoms with Crippen molar-refractivity contribution in [3.63, 3.8) is 0 Å². The number of primary amides is 1. The van der Waals surface area contributed by atoms with Crippen molar-refractivity contribution in [2.45, 2.75) is 58.5 Å². The fraction of sp³-hybridized carbons (Fsp3) is 0.600. The lowest BCUT2D eigenvalue weighted by atomic mass is 9.97. The van der Waals surface area contributed by atoms with Gasteiger partial charge in [-0.15, -0.1) is 0 Å². The Morgan fingerprint density at radius 1 is 1.28 bits per heavy atom. The molecule has 0 saturated carbocycles. The van der Waals surface area contributed by atoms with Gasteiger partial charge in [-0.2, -0.15) is 0 Å². The summed E-state index contributed by atoms with van der Waals surface area (Å²) in [5.74, 6) is -0.0947. The van der Waals surface area contributed by atoms with Crippen molar-refractivity contribution in [2.24, 2.45) is 11.7 Å². The fourth-order valence-corrected chi connectivity index (χ4v) is 3.35. The molecule has 0 spiro atoms.